The van der Waals surface area contributed by atoms with Crippen LogP contribution >= 0.6 is 0 Å². The number of barbiturate groups is 1. The molecule has 0 unspecified atom stereocenters. The van der Waals surface area contributed by atoms with E-state index in [-0.39, 0.29) is 12.3 Å². The average molecular weight is 262 g/mol. The zero-order valence-corrected chi connectivity index (χ0v) is 10.6. The van der Waals surface area contributed by atoms with Crippen molar-refractivity contribution in [2.45, 2.75) is 13.8 Å². The monoisotopic (exact) mass is 262 g/mol. The molecule has 0 saturated carbocycles. The second kappa shape index (κ2) is 4.10. The number of hydrogen-bond donors (Lipinski definition) is 1. The SMILES string of the molecule is CC1(C)C(=O)NC(=O)N(CCS(C)(=O)=O)C1=O. The van der Waals surface area contributed by atoms with Crippen LogP contribution in [0.3, 0.4) is 0 Å². The number of carbonyl (C=O) groups is 3. The number of urea groups is 1. The molecule has 1 heterocycles. The highest BCUT2D eigenvalue weighted by Gasteiger charge is 2.46. The fraction of sp³-hybridized carbons (Fsp3) is 0.667. The zero-order chi connectivity index (χ0) is 13.4. The highest BCUT2D eigenvalue weighted by molar-refractivity contribution is 7.90. The van der Waals surface area contributed by atoms with E-state index in [0.717, 1.165) is 11.2 Å². The third kappa shape index (κ3) is 2.82. The molecule has 0 spiro atoms. The maximum atomic E-state index is 11.8. The number of carbonyl (C=O) groups excluding carboxylic acids is 3. The first-order valence-corrected chi connectivity index (χ1v) is 6.97. The van der Waals surface area contributed by atoms with Crippen molar-refractivity contribution in [1.82, 2.24) is 10.2 Å². The number of sulfone groups is 1. The van der Waals surface area contributed by atoms with Gasteiger partial charge in [-0.2, -0.15) is 0 Å². The standard InChI is InChI=1S/C9H14N2O5S/c1-9(2)6(12)10-8(14)11(7(9)13)4-5-17(3,15)16/h4-5H2,1-3H3,(H,10,12,14). The fourth-order valence-electron chi connectivity index (χ4n) is 1.31. The lowest BCUT2D eigenvalue weighted by Crippen LogP contribution is -2.62. The number of amides is 4. The number of hydrogen-bond acceptors (Lipinski definition) is 5. The summed E-state index contributed by atoms with van der Waals surface area (Å²) in [6, 6.07) is -0.872. The van der Waals surface area contributed by atoms with Crippen LogP contribution in [0, 0.1) is 5.41 Å². The van der Waals surface area contributed by atoms with E-state index in [0.29, 0.717) is 0 Å². The molecule has 1 aliphatic heterocycles. The number of rotatable bonds is 3. The van der Waals surface area contributed by atoms with Crippen LogP contribution in [0.1, 0.15) is 13.8 Å². The van der Waals surface area contributed by atoms with Gasteiger partial charge in [0.2, 0.25) is 11.8 Å². The molecule has 1 N–H and O–H groups in total. The lowest BCUT2D eigenvalue weighted by Gasteiger charge is -2.34. The average Bonchev–Trinajstić information content (AvgIpc) is 2.13. The van der Waals surface area contributed by atoms with Crippen LogP contribution in [-0.4, -0.2) is 49.7 Å². The van der Waals surface area contributed by atoms with Gasteiger partial charge in [0.05, 0.1) is 5.75 Å². The van der Waals surface area contributed by atoms with Crippen LogP contribution in [0.25, 0.3) is 0 Å². The van der Waals surface area contributed by atoms with Crippen molar-refractivity contribution in [2.75, 3.05) is 18.6 Å². The summed E-state index contributed by atoms with van der Waals surface area (Å²) in [5.74, 6) is -1.69. The Kier molecular flexibility index (Phi) is 3.28. The molecule has 0 aromatic carbocycles. The van der Waals surface area contributed by atoms with Crippen molar-refractivity contribution < 1.29 is 22.8 Å². The Bertz CT molecular complexity index is 480. The van der Waals surface area contributed by atoms with Crippen LogP contribution in [0.4, 0.5) is 4.79 Å². The van der Waals surface area contributed by atoms with Gasteiger partial charge in [0.25, 0.3) is 0 Å². The van der Waals surface area contributed by atoms with Crippen molar-refractivity contribution in [2.24, 2.45) is 5.41 Å². The molecular weight excluding hydrogens is 248 g/mol. The molecular formula is C9H14N2O5S. The van der Waals surface area contributed by atoms with E-state index in [4.69, 9.17) is 0 Å². The molecule has 1 fully saturated rings. The summed E-state index contributed by atoms with van der Waals surface area (Å²) in [7, 11) is -3.28. The van der Waals surface area contributed by atoms with Gasteiger partial charge in [-0.25, -0.2) is 13.2 Å². The van der Waals surface area contributed by atoms with Gasteiger partial charge in [-0.15, -0.1) is 0 Å². The van der Waals surface area contributed by atoms with E-state index in [1.165, 1.54) is 13.8 Å². The first-order chi connectivity index (χ1) is 7.55. The Hall–Kier alpha value is -1.44. The summed E-state index contributed by atoms with van der Waals surface area (Å²) in [4.78, 5) is 35.4. The smallest absolute Gasteiger partial charge is 0.277 e. The van der Waals surface area contributed by atoms with Crippen LogP contribution in [0.5, 0.6) is 0 Å². The van der Waals surface area contributed by atoms with Gasteiger partial charge in [0.1, 0.15) is 15.3 Å². The molecule has 0 bridgehead atoms. The van der Waals surface area contributed by atoms with Crippen molar-refractivity contribution in [3.63, 3.8) is 0 Å². The molecule has 0 radical (unpaired) electrons. The highest BCUT2D eigenvalue weighted by Crippen LogP contribution is 2.23. The number of imide groups is 2. The molecule has 96 valence electrons. The van der Waals surface area contributed by atoms with Crippen molar-refractivity contribution in [1.29, 1.82) is 0 Å². The lowest BCUT2D eigenvalue weighted by molar-refractivity contribution is -0.148. The molecule has 7 nitrogen and oxygen atoms in total. The number of nitrogens with one attached hydrogen (secondary N) is 1. The molecule has 0 aromatic heterocycles. The predicted molar refractivity (Wildman–Crippen MR) is 58.7 cm³/mol. The normalized spacial score (nSPS) is 20.4. The minimum absolute atomic E-state index is 0.250. The van der Waals surface area contributed by atoms with Crippen LogP contribution in [0.15, 0.2) is 0 Å². The Morgan fingerprint density at radius 2 is 1.76 bits per heavy atom. The first-order valence-electron chi connectivity index (χ1n) is 4.91. The Morgan fingerprint density at radius 1 is 1.24 bits per heavy atom. The maximum Gasteiger partial charge on any atom is 0.330 e. The second-order valence-electron chi connectivity index (χ2n) is 4.47. The van der Waals surface area contributed by atoms with Gasteiger partial charge in [-0.05, 0) is 13.8 Å². The topological polar surface area (TPSA) is 101 Å². The minimum atomic E-state index is -3.28. The summed E-state index contributed by atoms with van der Waals surface area (Å²) in [5.41, 5.74) is -1.36. The molecule has 0 aromatic rings. The van der Waals surface area contributed by atoms with E-state index in [2.05, 4.69) is 0 Å². The summed E-state index contributed by atoms with van der Waals surface area (Å²) in [5, 5.41) is 2.02. The van der Waals surface area contributed by atoms with E-state index in [9.17, 15) is 22.8 Å². The maximum absolute atomic E-state index is 11.8. The number of nitrogens with zero attached hydrogens (tertiary/aromatic N) is 1. The zero-order valence-electron chi connectivity index (χ0n) is 9.81. The third-order valence-electron chi connectivity index (χ3n) is 2.50. The van der Waals surface area contributed by atoms with E-state index < -0.39 is 33.1 Å². The molecule has 1 aliphatic rings. The van der Waals surface area contributed by atoms with Gasteiger partial charge in [0.15, 0.2) is 0 Å². The van der Waals surface area contributed by atoms with Crippen LogP contribution in [-0.2, 0) is 19.4 Å². The third-order valence-corrected chi connectivity index (χ3v) is 3.42. The molecule has 0 atom stereocenters. The van der Waals surface area contributed by atoms with E-state index >= 15 is 0 Å². The van der Waals surface area contributed by atoms with E-state index in [1.54, 1.807) is 0 Å². The molecule has 8 heteroatoms. The molecule has 1 rings (SSSR count). The Labute approximate surface area is 99.1 Å². The Morgan fingerprint density at radius 3 is 2.24 bits per heavy atom. The van der Waals surface area contributed by atoms with Crippen molar-refractivity contribution in [3.05, 3.63) is 0 Å². The van der Waals surface area contributed by atoms with Gasteiger partial charge in [0, 0.05) is 12.8 Å². The highest BCUT2D eigenvalue weighted by atomic mass is 32.2. The van der Waals surface area contributed by atoms with Gasteiger partial charge >= 0.3 is 6.03 Å². The largest absolute Gasteiger partial charge is 0.330 e. The molecule has 1 saturated heterocycles. The lowest BCUT2D eigenvalue weighted by atomic mass is 9.89. The summed E-state index contributed by atoms with van der Waals surface area (Å²) < 4.78 is 22.0. The Balaban J connectivity index is 2.89. The summed E-state index contributed by atoms with van der Waals surface area (Å²) in [6.45, 7) is 2.51. The predicted octanol–water partition coefficient (Wildman–Crippen LogP) is -0.864. The van der Waals surface area contributed by atoms with Gasteiger partial charge in [-0.3, -0.25) is 19.8 Å². The molecule has 17 heavy (non-hydrogen) atoms. The fourth-order valence-corrected chi connectivity index (χ4v) is 1.82. The van der Waals surface area contributed by atoms with Crippen LogP contribution < -0.4 is 5.32 Å². The van der Waals surface area contributed by atoms with E-state index in [1.807, 2.05) is 5.32 Å². The summed E-state index contributed by atoms with van der Waals surface area (Å²) >= 11 is 0. The van der Waals surface area contributed by atoms with Crippen molar-refractivity contribution >= 4 is 27.7 Å². The minimum Gasteiger partial charge on any atom is -0.277 e. The van der Waals surface area contributed by atoms with Gasteiger partial charge in [-0.1, -0.05) is 0 Å². The molecule has 4 amide bonds. The quantitative estimate of drug-likeness (QED) is 0.667. The second-order valence-corrected chi connectivity index (χ2v) is 6.73. The molecule has 0 aliphatic carbocycles. The summed E-state index contributed by atoms with van der Waals surface area (Å²) in [6.07, 6.45) is 1.01. The van der Waals surface area contributed by atoms with Gasteiger partial charge < -0.3 is 0 Å². The first kappa shape index (κ1) is 13.6. The van der Waals surface area contributed by atoms with Crippen LogP contribution in [0.2, 0.25) is 0 Å². The van der Waals surface area contributed by atoms with Crippen molar-refractivity contribution in [3.8, 4) is 0 Å².